The van der Waals surface area contributed by atoms with Crippen LogP contribution in [0.3, 0.4) is 0 Å². The van der Waals surface area contributed by atoms with Crippen LogP contribution in [0.4, 0.5) is 0 Å². The number of hydrogen-bond acceptors (Lipinski definition) is 2. The molecule has 0 heterocycles. The molecule has 1 aromatic rings. The number of carboxylic acids is 1. The minimum absolute atomic E-state index is 0.234. The third-order valence-electron chi connectivity index (χ3n) is 2.13. The number of carboxylic acid groups (broad SMARTS) is 1. The second-order valence-electron chi connectivity index (χ2n) is 3.24. The van der Waals surface area contributed by atoms with Crippen LogP contribution in [0.5, 0.6) is 5.75 Å². The Morgan fingerprint density at radius 3 is 2.56 bits per heavy atom. The molecular weight excluding hydrogens is 272 g/mol. The van der Waals surface area contributed by atoms with Gasteiger partial charge in [0.1, 0.15) is 11.5 Å². The van der Waals surface area contributed by atoms with Crippen LogP contribution in [0.2, 0.25) is 0 Å². The van der Waals surface area contributed by atoms with Gasteiger partial charge in [-0.3, -0.25) is 0 Å². The summed E-state index contributed by atoms with van der Waals surface area (Å²) in [6, 6.07) is 7.34. The van der Waals surface area contributed by atoms with E-state index in [-0.39, 0.29) is 5.57 Å². The number of ether oxygens (including phenoxy) is 1. The average molecular weight is 285 g/mol. The highest BCUT2D eigenvalue weighted by molar-refractivity contribution is 9.10. The molecule has 16 heavy (non-hydrogen) atoms. The van der Waals surface area contributed by atoms with E-state index in [1.807, 2.05) is 25.1 Å². The molecule has 0 spiro atoms. The van der Waals surface area contributed by atoms with E-state index in [1.54, 1.807) is 6.07 Å². The zero-order chi connectivity index (χ0) is 12.1. The zero-order valence-corrected chi connectivity index (χ0v) is 10.7. The fraction of sp³-hybridized carbons (Fsp3) is 0.250. The number of para-hydroxylation sites is 1. The molecule has 0 saturated heterocycles. The van der Waals surface area contributed by atoms with Crippen molar-refractivity contribution in [1.29, 1.82) is 0 Å². The van der Waals surface area contributed by atoms with E-state index in [2.05, 4.69) is 15.9 Å². The first-order valence-electron chi connectivity index (χ1n) is 4.91. The molecule has 0 aromatic heterocycles. The smallest absolute Gasteiger partial charge is 0.334 e. The Hall–Kier alpha value is -1.29. The molecule has 1 rings (SSSR count). The van der Waals surface area contributed by atoms with Crippen LogP contribution in [0.25, 0.3) is 0 Å². The van der Waals surface area contributed by atoms with Crippen molar-refractivity contribution < 1.29 is 14.6 Å². The van der Waals surface area contributed by atoms with E-state index >= 15 is 0 Å². The van der Waals surface area contributed by atoms with Gasteiger partial charge in [0.25, 0.3) is 0 Å². The molecule has 3 nitrogen and oxygen atoms in total. The molecule has 0 atom stereocenters. The summed E-state index contributed by atoms with van der Waals surface area (Å²) < 4.78 is 6.37. The van der Waals surface area contributed by atoms with Gasteiger partial charge in [-0.05, 0) is 35.0 Å². The molecule has 0 aliphatic carbocycles. The molecule has 0 unspecified atom stereocenters. The highest BCUT2D eigenvalue weighted by Gasteiger charge is 2.11. The van der Waals surface area contributed by atoms with E-state index in [0.29, 0.717) is 17.9 Å². The van der Waals surface area contributed by atoms with Crippen molar-refractivity contribution in [2.45, 2.75) is 20.3 Å². The minimum atomic E-state index is -0.955. The quantitative estimate of drug-likeness (QED) is 0.679. The van der Waals surface area contributed by atoms with Gasteiger partial charge in [0.2, 0.25) is 0 Å². The van der Waals surface area contributed by atoms with E-state index < -0.39 is 5.97 Å². The third kappa shape index (κ3) is 3.10. The van der Waals surface area contributed by atoms with Gasteiger partial charge < -0.3 is 9.84 Å². The molecule has 0 saturated carbocycles. The van der Waals surface area contributed by atoms with Crippen molar-refractivity contribution in [1.82, 2.24) is 0 Å². The molecule has 0 fully saturated rings. The molecule has 1 aromatic carbocycles. The maximum Gasteiger partial charge on any atom is 0.334 e. The second-order valence-corrected chi connectivity index (χ2v) is 4.09. The topological polar surface area (TPSA) is 46.5 Å². The summed E-state index contributed by atoms with van der Waals surface area (Å²) in [6.45, 7) is 3.40. The van der Waals surface area contributed by atoms with Crippen molar-refractivity contribution in [2.24, 2.45) is 0 Å². The molecule has 0 radical (unpaired) electrons. The fourth-order valence-corrected chi connectivity index (χ4v) is 1.56. The van der Waals surface area contributed by atoms with Gasteiger partial charge in [-0.2, -0.15) is 0 Å². The van der Waals surface area contributed by atoms with Gasteiger partial charge in [0.15, 0.2) is 0 Å². The first-order valence-corrected chi connectivity index (χ1v) is 5.71. The van der Waals surface area contributed by atoms with Gasteiger partial charge in [-0.1, -0.05) is 19.1 Å². The molecular formula is C12H13BrO3. The standard InChI is InChI=1S/C12H13BrO3/c1-3-10(8(2)12(14)15)16-11-7-5-4-6-9(11)13/h4-7H,3H2,1-2H3,(H,14,15)/b10-8+. The predicted molar refractivity (Wildman–Crippen MR) is 65.4 cm³/mol. The number of carbonyl (C=O) groups is 1. The Morgan fingerprint density at radius 2 is 2.06 bits per heavy atom. The Bertz CT molecular complexity index is 424. The van der Waals surface area contributed by atoms with E-state index in [4.69, 9.17) is 9.84 Å². The van der Waals surface area contributed by atoms with Crippen LogP contribution in [0, 0.1) is 0 Å². The lowest BCUT2D eigenvalue weighted by atomic mass is 10.2. The number of benzene rings is 1. The number of rotatable bonds is 4. The summed E-state index contributed by atoms with van der Waals surface area (Å²) >= 11 is 3.35. The average Bonchev–Trinajstić information content (AvgIpc) is 2.27. The van der Waals surface area contributed by atoms with Crippen LogP contribution >= 0.6 is 15.9 Å². The lowest BCUT2D eigenvalue weighted by Crippen LogP contribution is -2.06. The SMILES string of the molecule is CC/C(Oc1ccccc1Br)=C(/C)C(=O)O. The summed E-state index contributed by atoms with van der Waals surface area (Å²) in [6.07, 6.45) is 0.541. The molecule has 86 valence electrons. The first kappa shape index (κ1) is 12.8. The van der Waals surface area contributed by atoms with E-state index in [0.717, 1.165) is 4.47 Å². The second kappa shape index (κ2) is 5.70. The fourth-order valence-electron chi connectivity index (χ4n) is 1.19. The first-order chi connectivity index (χ1) is 7.56. The summed E-state index contributed by atoms with van der Waals surface area (Å²) in [5.41, 5.74) is 0.234. The molecule has 0 bridgehead atoms. The Morgan fingerprint density at radius 1 is 1.44 bits per heavy atom. The third-order valence-corrected chi connectivity index (χ3v) is 2.79. The van der Waals surface area contributed by atoms with Crippen molar-refractivity contribution in [3.8, 4) is 5.75 Å². The monoisotopic (exact) mass is 284 g/mol. The Balaban J connectivity index is 3.00. The lowest BCUT2D eigenvalue weighted by molar-refractivity contribution is -0.132. The maximum atomic E-state index is 10.8. The van der Waals surface area contributed by atoms with Crippen molar-refractivity contribution >= 4 is 21.9 Å². The molecule has 0 aliphatic heterocycles. The summed E-state index contributed by atoms with van der Waals surface area (Å²) in [5, 5.41) is 8.88. The number of halogens is 1. The van der Waals surface area contributed by atoms with Crippen LogP contribution in [-0.4, -0.2) is 11.1 Å². The molecule has 0 aliphatic rings. The number of aliphatic carboxylic acids is 1. The van der Waals surface area contributed by atoms with Gasteiger partial charge in [0, 0.05) is 6.42 Å². The summed E-state index contributed by atoms with van der Waals surface area (Å²) in [5.74, 6) is 0.142. The molecule has 1 N–H and O–H groups in total. The van der Waals surface area contributed by atoms with Crippen molar-refractivity contribution in [2.75, 3.05) is 0 Å². The highest BCUT2D eigenvalue weighted by Crippen LogP contribution is 2.27. The maximum absolute atomic E-state index is 10.8. The van der Waals surface area contributed by atoms with Gasteiger partial charge in [-0.25, -0.2) is 4.79 Å². The Labute approximate surface area is 103 Å². The van der Waals surface area contributed by atoms with Crippen molar-refractivity contribution in [3.63, 3.8) is 0 Å². The zero-order valence-electron chi connectivity index (χ0n) is 9.16. The Kier molecular flexibility index (Phi) is 4.55. The van der Waals surface area contributed by atoms with Crippen LogP contribution in [0.1, 0.15) is 20.3 Å². The van der Waals surface area contributed by atoms with Crippen LogP contribution in [0.15, 0.2) is 40.1 Å². The van der Waals surface area contributed by atoms with Gasteiger partial charge in [-0.15, -0.1) is 0 Å². The predicted octanol–water partition coefficient (Wildman–Crippen LogP) is 3.60. The largest absolute Gasteiger partial charge is 0.478 e. The molecule has 4 heteroatoms. The van der Waals surface area contributed by atoms with E-state index in [9.17, 15) is 4.79 Å². The number of allylic oxidation sites excluding steroid dienone is 1. The lowest BCUT2D eigenvalue weighted by Gasteiger charge is -2.11. The highest BCUT2D eigenvalue weighted by atomic mass is 79.9. The molecule has 0 amide bonds. The van der Waals surface area contributed by atoms with E-state index in [1.165, 1.54) is 6.92 Å². The van der Waals surface area contributed by atoms with Gasteiger partial charge >= 0.3 is 5.97 Å². The minimum Gasteiger partial charge on any atom is -0.478 e. The normalized spacial score (nSPS) is 11.9. The summed E-state index contributed by atoms with van der Waals surface area (Å²) in [7, 11) is 0. The van der Waals surface area contributed by atoms with Crippen LogP contribution in [-0.2, 0) is 4.79 Å². The summed E-state index contributed by atoms with van der Waals surface area (Å²) in [4.78, 5) is 10.8. The van der Waals surface area contributed by atoms with Crippen LogP contribution < -0.4 is 4.74 Å². The number of hydrogen-bond donors (Lipinski definition) is 1. The van der Waals surface area contributed by atoms with Gasteiger partial charge in [0.05, 0.1) is 10.0 Å². The van der Waals surface area contributed by atoms with Crippen molar-refractivity contribution in [3.05, 3.63) is 40.1 Å².